The first-order chi connectivity index (χ1) is 15.3. The number of hydrogen-bond acceptors (Lipinski definition) is 6. The van der Waals surface area contributed by atoms with Crippen LogP contribution < -0.4 is 14.9 Å². The second-order valence-corrected chi connectivity index (χ2v) is 9.07. The first-order valence-electron chi connectivity index (χ1n) is 9.90. The van der Waals surface area contributed by atoms with E-state index in [4.69, 9.17) is 0 Å². The van der Waals surface area contributed by atoms with Crippen molar-refractivity contribution >= 4 is 39.2 Å². The van der Waals surface area contributed by atoms with Crippen molar-refractivity contribution in [2.75, 3.05) is 21.5 Å². The third kappa shape index (κ3) is 4.59. The molecular formula is C22H21N5O4S. The van der Waals surface area contributed by atoms with Crippen LogP contribution in [-0.4, -0.2) is 36.7 Å². The third-order valence-corrected chi connectivity index (χ3v) is 6.47. The molecule has 9 nitrogen and oxygen atoms in total. The van der Waals surface area contributed by atoms with Crippen molar-refractivity contribution in [2.45, 2.75) is 18.2 Å². The number of carbonyl (C=O) groups excluding carboxylic acids is 2. The van der Waals surface area contributed by atoms with E-state index in [-0.39, 0.29) is 29.1 Å². The molecule has 1 saturated heterocycles. The number of nitrogens with zero attached hydrogens (tertiary/aromatic N) is 3. The van der Waals surface area contributed by atoms with Crippen LogP contribution in [0.1, 0.15) is 12.0 Å². The average Bonchev–Trinajstić information content (AvgIpc) is 3.16. The minimum atomic E-state index is -3.86. The molecule has 0 saturated carbocycles. The van der Waals surface area contributed by atoms with Gasteiger partial charge in [0.2, 0.25) is 17.8 Å². The van der Waals surface area contributed by atoms with E-state index in [2.05, 4.69) is 20.0 Å². The molecule has 4 rings (SSSR count). The first-order valence-corrected chi connectivity index (χ1v) is 11.4. The van der Waals surface area contributed by atoms with Crippen LogP contribution in [-0.2, 0) is 19.6 Å². The van der Waals surface area contributed by atoms with Gasteiger partial charge >= 0.3 is 0 Å². The molecule has 164 valence electrons. The standard InChI is InChI=1S/C22H21N5O4S/c1-15-5-2-3-6-19(15)27-14-16(13-20(27)28)21(29)25-17-7-9-18(10-8-17)32(30,31)26-22-23-11-4-12-24-22/h2-12,16H,13-14H2,1H3,(H,25,29)(H,23,24,26). The van der Waals surface area contributed by atoms with Gasteiger partial charge < -0.3 is 10.2 Å². The summed E-state index contributed by atoms with van der Waals surface area (Å²) >= 11 is 0. The van der Waals surface area contributed by atoms with Crippen molar-refractivity contribution in [3.63, 3.8) is 0 Å². The number of rotatable bonds is 6. The largest absolute Gasteiger partial charge is 0.326 e. The highest BCUT2D eigenvalue weighted by Gasteiger charge is 2.35. The second kappa shape index (κ2) is 8.75. The van der Waals surface area contributed by atoms with Gasteiger partial charge in [0.1, 0.15) is 0 Å². The minimum absolute atomic E-state index is 0.00437. The molecule has 0 spiro atoms. The summed E-state index contributed by atoms with van der Waals surface area (Å²) in [7, 11) is -3.86. The topological polar surface area (TPSA) is 121 Å². The molecule has 2 N–H and O–H groups in total. The molecule has 3 aromatic rings. The number of benzene rings is 2. The van der Waals surface area contributed by atoms with Gasteiger partial charge in [-0.25, -0.2) is 23.1 Å². The van der Waals surface area contributed by atoms with Crippen LogP contribution in [0.3, 0.4) is 0 Å². The van der Waals surface area contributed by atoms with Gasteiger partial charge in [0.15, 0.2) is 0 Å². The normalized spacial score (nSPS) is 16.1. The molecule has 1 aliphatic heterocycles. The lowest BCUT2D eigenvalue weighted by molar-refractivity contribution is -0.122. The number of amides is 2. The van der Waals surface area contributed by atoms with Crippen LogP contribution in [0.4, 0.5) is 17.3 Å². The fourth-order valence-corrected chi connectivity index (χ4v) is 4.43. The van der Waals surface area contributed by atoms with Gasteiger partial charge in [0.25, 0.3) is 10.0 Å². The summed E-state index contributed by atoms with van der Waals surface area (Å²) in [6.45, 7) is 2.22. The minimum Gasteiger partial charge on any atom is -0.326 e. The summed E-state index contributed by atoms with van der Waals surface area (Å²) < 4.78 is 27.2. The fourth-order valence-electron chi connectivity index (χ4n) is 3.47. The smallest absolute Gasteiger partial charge is 0.264 e. The highest BCUT2D eigenvalue weighted by molar-refractivity contribution is 7.92. The molecule has 1 fully saturated rings. The van der Waals surface area contributed by atoms with Gasteiger partial charge in [-0.05, 0) is 48.9 Å². The Morgan fingerprint density at radius 2 is 1.72 bits per heavy atom. The van der Waals surface area contributed by atoms with Crippen molar-refractivity contribution < 1.29 is 18.0 Å². The van der Waals surface area contributed by atoms with Crippen LogP contribution in [0.2, 0.25) is 0 Å². The maximum absolute atomic E-state index is 12.7. The summed E-state index contributed by atoms with van der Waals surface area (Å²) in [6, 6.07) is 14.9. The van der Waals surface area contributed by atoms with E-state index >= 15 is 0 Å². The van der Waals surface area contributed by atoms with E-state index < -0.39 is 15.9 Å². The Kier molecular flexibility index (Phi) is 5.87. The predicted octanol–water partition coefficient (Wildman–Crippen LogP) is 2.58. The SMILES string of the molecule is Cc1ccccc1N1CC(C(=O)Nc2ccc(S(=O)(=O)Nc3ncccn3)cc2)CC1=O. The molecule has 2 aromatic carbocycles. The lowest BCUT2D eigenvalue weighted by Gasteiger charge is -2.19. The molecule has 1 aliphatic rings. The summed E-state index contributed by atoms with van der Waals surface area (Å²) in [6.07, 6.45) is 2.97. The number of nitrogens with one attached hydrogen (secondary N) is 2. The van der Waals surface area contributed by atoms with E-state index in [0.29, 0.717) is 12.2 Å². The quantitative estimate of drug-likeness (QED) is 0.594. The maximum Gasteiger partial charge on any atom is 0.264 e. The number of anilines is 3. The van der Waals surface area contributed by atoms with Crippen molar-refractivity contribution in [3.05, 3.63) is 72.6 Å². The molecule has 10 heteroatoms. The Bertz CT molecular complexity index is 1250. The molecule has 0 bridgehead atoms. The van der Waals surface area contributed by atoms with Crippen molar-refractivity contribution in [3.8, 4) is 0 Å². The zero-order valence-corrected chi connectivity index (χ0v) is 18.0. The van der Waals surface area contributed by atoms with Crippen molar-refractivity contribution in [1.82, 2.24) is 9.97 Å². The Morgan fingerprint density at radius 3 is 2.41 bits per heavy atom. The van der Waals surface area contributed by atoms with Crippen LogP contribution in [0.15, 0.2) is 71.9 Å². The van der Waals surface area contributed by atoms with Gasteiger partial charge in [-0.2, -0.15) is 0 Å². The number of aryl methyl sites for hydroxylation is 1. The maximum atomic E-state index is 12.7. The second-order valence-electron chi connectivity index (χ2n) is 7.38. The van der Waals surface area contributed by atoms with Gasteiger partial charge in [0, 0.05) is 36.7 Å². The number of carbonyl (C=O) groups is 2. The Morgan fingerprint density at radius 1 is 1.03 bits per heavy atom. The summed E-state index contributed by atoms with van der Waals surface area (Å²) in [4.78, 5) is 34.5. The molecule has 0 radical (unpaired) electrons. The molecular weight excluding hydrogens is 430 g/mol. The van der Waals surface area contributed by atoms with Crippen LogP contribution in [0, 0.1) is 12.8 Å². The Labute approximate surface area is 185 Å². The van der Waals surface area contributed by atoms with Crippen molar-refractivity contribution in [2.24, 2.45) is 5.92 Å². The number of hydrogen-bond donors (Lipinski definition) is 2. The average molecular weight is 452 g/mol. The van der Waals surface area contributed by atoms with Gasteiger partial charge in [-0.1, -0.05) is 18.2 Å². The van der Waals surface area contributed by atoms with E-state index in [1.165, 1.54) is 36.7 Å². The molecule has 1 unspecified atom stereocenters. The third-order valence-electron chi connectivity index (χ3n) is 5.13. The van der Waals surface area contributed by atoms with Crippen LogP contribution in [0.25, 0.3) is 0 Å². The number of sulfonamides is 1. The van der Waals surface area contributed by atoms with E-state index in [1.54, 1.807) is 11.0 Å². The van der Waals surface area contributed by atoms with E-state index in [1.807, 2.05) is 31.2 Å². The molecule has 2 amide bonds. The summed E-state index contributed by atoms with van der Waals surface area (Å²) in [5.74, 6) is -0.924. The first kappa shape index (κ1) is 21.4. The zero-order chi connectivity index (χ0) is 22.7. The lowest BCUT2D eigenvalue weighted by Crippen LogP contribution is -2.28. The van der Waals surface area contributed by atoms with Gasteiger partial charge in [-0.3, -0.25) is 9.59 Å². The Hall–Kier alpha value is -3.79. The Balaban J connectivity index is 1.41. The van der Waals surface area contributed by atoms with E-state index in [0.717, 1.165) is 11.3 Å². The molecule has 1 aromatic heterocycles. The predicted molar refractivity (Wildman–Crippen MR) is 120 cm³/mol. The van der Waals surface area contributed by atoms with Crippen LogP contribution >= 0.6 is 0 Å². The van der Waals surface area contributed by atoms with Gasteiger partial charge in [0.05, 0.1) is 10.8 Å². The van der Waals surface area contributed by atoms with E-state index in [9.17, 15) is 18.0 Å². The lowest BCUT2D eigenvalue weighted by atomic mass is 10.1. The molecule has 1 atom stereocenters. The molecule has 0 aliphatic carbocycles. The fraction of sp³-hybridized carbons (Fsp3) is 0.182. The van der Waals surface area contributed by atoms with Crippen LogP contribution in [0.5, 0.6) is 0 Å². The van der Waals surface area contributed by atoms with Gasteiger partial charge in [-0.15, -0.1) is 0 Å². The molecule has 32 heavy (non-hydrogen) atoms. The summed E-state index contributed by atoms with van der Waals surface area (Å²) in [5, 5.41) is 2.76. The summed E-state index contributed by atoms with van der Waals surface area (Å²) in [5.41, 5.74) is 2.21. The monoisotopic (exact) mass is 451 g/mol. The highest BCUT2D eigenvalue weighted by atomic mass is 32.2. The van der Waals surface area contributed by atoms with Crippen molar-refractivity contribution in [1.29, 1.82) is 0 Å². The number of aromatic nitrogens is 2. The highest BCUT2D eigenvalue weighted by Crippen LogP contribution is 2.28. The number of para-hydroxylation sites is 1. The molecule has 2 heterocycles. The zero-order valence-electron chi connectivity index (χ0n) is 17.2.